The van der Waals surface area contributed by atoms with E-state index in [0.29, 0.717) is 30.3 Å². The SMILES string of the molecule is CC(C)(C)[Si](C)(C)O[C@H](c1ccc2c(c1)OCCO2)C(N=[N+]=[N-])C(=O)N1C(=O)OC[C@@H]1c1ccccc1. The molecule has 1 unspecified atom stereocenters. The second kappa shape index (κ2) is 10.4. The average Bonchev–Trinajstić information content (AvgIpc) is 3.26. The van der Waals surface area contributed by atoms with Crippen molar-refractivity contribution in [1.82, 2.24) is 4.90 Å². The van der Waals surface area contributed by atoms with Crippen LogP contribution in [0.25, 0.3) is 10.4 Å². The Morgan fingerprint density at radius 2 is 1.78 bits per heavy atom. The zero-order valence-electron chi connectivity index (χ0n) is 21.7. The lowest BCUT2D eigenvalue weighted by molar-refractivity contribution is -0.133. The second-order valence-electron chi connectivity index (χ2n) is 10.6. The molecule has 2 aliphatic heterocycles. The Hall–Kier alpha value is -3.53. The fraction of sp³-hybridized carbons (Fsp3) is 0.462. The first-order valence-corrected chi connectivity index (χ1v) is 15.1. The topological polar surface area (TPSA) is 123 Å². The Morgan fingerprint density at radius 1 is 1.11 bits per heavy atom. The zero-order chi connectivity index (χ0) is 26.8. The molecule has 2 aromatic rings. The van der Waals surface area contributed by atoms with Crippen molar-refractivity contribution in [3.63, 3.8) is 0 Å². The molecule has 3 atom stereocenters. The Morgan fingerprint density at radius 3 is 2.43 bits per heavy atom. The van der Waals surface area contributed by atoms with Gasteiger partial charge in [0, 0.05) is 4.91 Å². The van der Waals surface area contributed by atoms with E-state index < -0.39 is 38.5 Å². The van der Waals surface area contributed by atoms with E-state index in [-0.39, 0.29) is 11.6 Å². The molecular weight excluding hydrogens is 492 g/mol. The van der Waals surface area contributed by atoms with Crippen molar-refractivity contribution in [1.29, 1.82) is 0 Å². The molecule has 4 rings (SSSR count). The van der Waals surface area contributed by atoms with Crippen molar-refractivity contribution in [2.45, 2.75) is 57.1 Å². The molecule has 0 aromatic heterocycles. The molecule has 2 aromatic carbocycles. The minimum atomic E-state index is -2.50. The largest absolute Gasteiger partial charge is 0.486 e. The number of azide groups is 1. The number of rotatable bonds is 7. The van der Waals surface area contributed by atoms with E-state index in [4.69, 9.17) is 18.6 Å². The van der Waals surface area contributed by atoms with Gasteiger partial charge in [-0.3, -0.25) is 4.79 Å². The van der Waals surface area contributed by atoms with Crippen LogP contribution in [0.5, 0.6) is 11.5 Å². The van der Waals surface area contributed by atoms with Crippen molar-refractivity contribution in [3.8, 4) is 11.5 Å². The molecule has 2 amide bonds. The lowest BCUT2D eigenvalue weighted by Crippen LogP contribution is -2.48. The highest BCUT2D eigenvalue weighted by Gasteiger charge is 2.47. The van der Waals surface area contributed by atoms with E-state index in [9.17, 15) is 15.1 Å². The number of ether oxygens (including phenoxy) is 3. The molecule has 2 aliphatic rings. The summed E-state index contributed by atoms with van der Waals surface area (Å²) in [6.07, 6.45) is -1.75. The quantitative estimate of drug-likeness (QED) is 0.192. The van der Waals surface area contributed by atoms with Gasteiger partial charge in [-0.25, -0.2) is 9.69 Å². The van der Waals surface area contributed by atoms with Gasteiger partial charge < -0.3 is 18.6 Å². The molecule has 2 heterocycles. The summed E-state index contributed by atoms with van der Waals surface area (Å²) in [7, 11) is -2.50. The van der Waals surface area contributed by atoms with Gasteiger partial charge in [0.15, 0.2) is 19.8 Å². The Bertz CT molecular complexity index is 1210. The third-order valence-electron chi connectivity index (χ3n) is 7.13. The van der Waals surface area contributed by atoms with Crippen molar-refractivity contribution < 1.29 is 28.2 Å². The zero-order valence-corrected chi connectivity index (χ0v) is 22.7. The number of amides is 2. The van der Waals surface area contributed by atoms with Gasteiger partial charge >= 0.3 is 6.09 Å². The Kier molecular flexibility index (Phi) is 7.49. The minimum Gasteiger partial charge on any atom is -0.486 e. The van der Waals surface area contributed by atoms with Crippen LogP contribution in [0.3, 0.4) is 0 Å². The maximum Gasteiger partial charge on any atom is 0.417 e. The van der Waals surface area contributed by atoms with Gasteiger partial charge in [0.2, 0.25) is 5.91 Å². The molecule has 37 heavy (non-hydrogen) atoms. The van der Waals surface area contributed by atoms with Gasteiger partial charge in [0.05, 0.1) is 6.10 Å². The average molecular weight is 525 g/mol. The van der Waals surface area contributed by atoms with E-state index in [1.165, 1.54) is 0 Å². The van der Waals surface area contributed by atoms with Crippen molar-refractivity contribution >= 4 is 20.3 Å². The summed E-state index contributed by atoms with van der Waals surface area (Å²) in [4.78, 5) is 30.8. The van der Waals surface area contributed by atoms with Crippen molar-refractivity contribution in [2.75, 3.05) is 19.8 Å². The van der Waals surface area contributed by atoms with Crippen LogP contribution in [0.15, 0.2) is 53.6 Å². The number of benzene rings is 2. The summed E-state index contributed by atoms with van der Waals surface area (Å²) < 4.78 is 23.4. The summed E-state index contributed by atoms with van der Waals surface area (Å²) in [6, 6.07) is 12.4. The number of carbonyl (C=O) groups is 2. The van der Waals surface area contributed by atoms with Crippen LogP contribution in [-0.4, -0.2) is 51.1 Å². The third-order valence-corrected chi connectivity index (χ3v) is 11.6. The van der Waals surface area contributed by atoms with Gasteiger partial charge in [0.25, 0.3) is 0 Å². The van der Waals surface area contributed by atoms with Crippen LogP contribution in [-0.2, 0) is 14.0 Å². The fourth-order valence-electron chi connectivity index (χ4n) is 4.07. The fourth-order valence-corrected chi connectivity index (χ4v) is 5.32. The van der Waals surface area contributed by atoms with E-state index >= 15 is 0 Å². The molecule has 0 aliphatic carbocycles. The summed E-state index contributed by atoms with van der Waals surface area (Å²) >= 11 is 0. The molecule has 11 heteroatoms. The molecule has 0 saturated carbocycles. The number of hydrogen-bond donors (Lipinski definition) is 0. The molecule has 10 nitrogen and oxygen atoms in total. The smallest absolute Gasteiger partial charge is 0.417 e. The lowest BCUT2D eigenvalue weighted by atomic mass is 9.99. The van der Waals surface area contributed by atoms with Crippen molar-refractivity contribution in [3.05, 3.63) is 70.1 Å². The maximum absolute atomic E-state index is 14.0. The van der Waals surface area contributed by atoms with Crippen LogP contribution in [0.2, 0.25) is 18.1 Å². The number of nitrogens with zero attached hydrogens (tertiary/aromatic N) is 4. The molecule has 1 saturated heterocycles. The summed E-state index contributed by atoms with van der Waals surface area (Å²) in [6.45, 7) is 11.2. The van der Waals surface area contributed by atoms with Crippen molar-refractivity contribution in [2.24, 2.45) is 5.11 Å². The maximum atomic E-state index is 14.0. The number of cyclic esters (lactones) is 1. The lowest BCUT2D eigenvalue weighted by Gasteiger charge is -2.41. The summed E-state index contributed by atoms with van der Waals surface area (Å²) in [5.41, 5.74) is 10.8. The Labute approximate surface area is 217 Å². The van der Waals surface area contributed by atoms with E-state index in [1.54, 1.807) is 18.2 Å². The van der Waals surface area contributed by atoms with Gasteiger partial charge in [-0.15, -0.1) is 0 Å². The number of carbonyl (C=O) groups excluding carboxylic acids is 2. The molecule has 0 bridgehead atoms. The highest BCUT2D eigenvalue weighted by atomic mass is 28.4. The van der Waals surface area contributed by atoms with Gasteiger partial charge in [-0.2, -0.15) is 0 Å². The number of fused-ring (bicyclic) bond motifs is 1. The Balaban J connectivity index is 1.78. The molecular formula is C26H32N4O6Si. The van der Waals surface area contributed by atoms with Gasteiger partial charge in [0.1, 0.15) is 31.9 Å². The van der Waals surface area contributed by atoms with Gasteiger partial charge in [-0.1, -0.05) is 62.3 Å². The molecule has 1 fully saturated rings. The summed E-state index contributed by atoms with van der Waals surface area (Å²) in [5, 5.41) is 3.69. The van der Waals surface area contributed by atoms with Gasteiger partial charge in [-0.05, 0) is 46.9 Å². The standard InChI is InChI=1S/C26H32N4O6Si/c1-26(2,3)37(4,5)36-23(18-11-12-20-21(15-18)34-14-13-33-20)22(28-29-27)24(31)30-19(16-35-25(30)32)17-9-7-6-8-10-17/h6-12,15,19,22-23H,13-14,16H2,1-5H3/t19-,22?,23-/m1/s1. The first-order chi connectivity index (χ1) is 17.5. The summed E-state index contributed by atoms with van der Waals surface area (Å²) in [5.74, 6) is 0.412. The molecule has 0 radical (unpaired) electrons. The normalized spacial score (nSPS) is 19.0. The van der Waals surface area contributed by atoms with Crippen LogP contribution in [0.4, 0.5) is 4.79 Å². The monoisotopic (exact) mass is 524 g/mol. The minimum absolute atomic E-state index is 0.00928. The predicted molar refractivity (Wildman–Crippen MR) is 139 cm³/mol. The molecule has 0 N–H and O–H groups in total. The first-order valence-electron chi connectivity index (χ1n) is 12.2. The van der Waals surface area contributed by atoms with E-state index in [1.807, 2.05) is 43.4 Å². The first kappa shape index (κ1) is 26.5. The van der Waals surface area contributed by atoms with Crippen LogP contribution in [0, 0.1) is 0 Å². The second-order valence-corrected chi connectivity index (χ2v) is 15.3. The highest BCUT2D eigenvalue weighted by Crippen LogP contribution is 2.43. The number of hydrogen-bond acceptors (Lipinski definition) is 7. The number of imide groups is 1. The highest BCUT2D eigenvalue weighted by molar-refractivity contribution is 6.74. The van der Waals surface area contributed by atoms with E-state index in [0.717, 1.165) is 10.5 Å². The van der Waals surface area contributed by atoms with Crippen LogP contribution in [0.1, 0.15) is 44.0 Å². The van der Waals surface area contributed by atoms with Crippen LogP contribution < -0.4 is 9.47 Å². The van der Waals surface area contributed by atoms with Crippen LogP contribution >= 0.6 is 0 Å². The molecule has 0 spiro atoms. The predicted octanol–water partition coefficient (Wildman–Crippen LogP) is 5.92. The van der Waals surface area contributed by atoms with E-state index in [2.05, 4.69) is 30.8 Å². The molecule has 196 valence electrons. The third kappa shape index (κ3) is 5.43.